The Labute approximate surface area is 142 Å². The van der Waals surface area contributed by atoms with Crippen LogP contribution in [-0.4, -0.2) is 10.9 Å². The van der Waals surface area contributed by atoms with Crippen LogP contribution in [0.5, 0.6) is 0 Å². The number of pyridine rings is 1. The predicted octanol–water partition coefficient (Wildman–Crippen LogP) is 4.98. The van der Waals surface area contributed by atoms with Crippen molar-refractivity contribution in [1.82, 2.24) is 4.98 Å². The Kier molecular flexibility index (Phi) is 4.50. The highest BCUT2D eigenvalue weighted by Gasteiger charge is 2.10. The summed E-state index contributed by atoms with van der Waals surface area (Å²) in [5, 5.41) is 6.74. The molecule has 0 aliphatic heterocycles. The summed E-state index contributed by atoms with van der Waals surface area (Å²) in [6.07, 6.45) is 3.00. The lowest BCUT2D eigenvalue weighted by Crippen LogP contribution is -2.11. The third kappa shape index (κ3) is 3.64. The zero-order valence-electron chi connectivity index (χ0n) is 11.7. The largest absolute Gasteiger partial charge is 0.459 e. The lowest BCUT2D eigenvalue weighted by molar-refractivity contribution is 0.0996. The van der Waals surface area contributed by atoms with Gasteiger partial charge < -0.3 is 15.1 Å². The molecule has 116 valence electrons. The molecule has 23 heavy (non-hydrogen) atoms. The molecule has 2 heterocycles. The number of carbonyl (C=O) groups excluding carboxylic acids is 1. The highest BCUT2D eigenvalue weighted by molar-refractivity contribution is 6.39. The maximum absolute atomic E-state index is 11.8. The molecule has 1 amide bonds. The number of nitrogens with one attached hydrogen (secondary N) is 2. The van der Waals surface area contributed by atoms with Crippen LogP contribution < -0.4 is 10.6 Å². The predicted molar refractivity (Wildman–Crippen MR) is 90.6 cm³/mol. The first kappa shape index (κ1) is 15.4. The van der Waals surface area contributed by atoms with E-state index in [0.29, 0.717) is 27.2 Å². The third-order valence-corrected chi connectivity index (χ3v) is 3.61. The molecule has 3 rings (SSSR count). The van der Waals surface area contributed by atoms with Crippen molar-refractivity contribution < 1.29 is 9.21 Å². The van der Waals surface area contributed by atoms with Gasteiger partial charge in [0.15, 0.2) is 5.76 Å². The number of amides is 1. The second kappa shape index (κ2) is 6.73. The zero-order chi connectivity index (χ0) is 16.2. The fourth-order valence-corrected chi connectivity index (χ4v) is 2.38. The summed E-state index contributed by atoms with van der Waals surface area (Å²) in [5.41, 5.74) is 1.29. The molecule has 0 spiro atoms. The van der Waals surface area contributed by atoms with E-state index in [1.54, 1.807) is 48.7 Å². The number of hydrogen-bond donors (Lipinski definition) is 2. The van der Waals surface area contributed by atoms with Gasteiger partial charge in [-0.3, -0.25) is 4.79 Å². The van der Waals surface area contributed by atoms with E-state index in [-0.39, 0.29) is 11.7 Å². The van der Waals surface area contributed by atoms with Crippen LogP contribution in [0.1, 0.15) is 10.6 Å². The van der Waals surface area contributed by atoms with Gasteiger partial charge in [0.05, 0.1) is 33.9 Å². The molecule has 2 N–H and O–H groups in total. The van der Waals surface area contributed by atoms with E-state index in [1.165, 1.54) is 6.26 Å². The standard InChI is InChI=1S/C16H11Cl2N3O2/c17-11-3-1-4-12(18)15(11)20-10-6-7-14(19-9-10)21-16(22)13-5-2-8-23-13/h1-9,20H,(H,19,21,22). The topological polar surface area (TPSA) is 67.2 Å². The Morgan fingerprint density at radius 1 is 1.04 bits per heavy atom. The van der Waals surface area contributed by atoms with Crippen molar-refractivity contribution in [2.24, 2.45) is 0 Å². The van der Waals surface area contributed by atoms with Gasteiger partial charge in [-0.25, -0.2) is 4.98 Å². The Bertz CT molecular complexity index is 798. The molecule has 3 aromatic rings. The summed E-state index contributed by atoms with van der Waals surface area (Å²) in [5.74, 6) is 0.261. The van der Waals surface area contributed by atoms with E-state index in [4.69, 9.17) is 27.6 Å². The second-order valence-corrected chi connectivity index (χ2v) is 5.40. The lowest BCUT2D eigenvalue weighted by Gasteiger charge is -2.10. The molecule has 2 aromatic heterocycles. The van der Waals surface area contributed by atoms with Crippen molar-refractivity contribution in [3.63, 3.8) is 0 Å². The van der Waals surface area contributed by atoms with Crippen LogP contribution in [0.15, 0.2) is 59.3 Å². The van der Waals surface area contributed by atoms with Gasteiger partial charge in [0.1, 0.15) is 5.82 Å². The molecule has 0 aliphatic carbocycles. The number of benzene rings is 1. The van der Waals surface area contributed by atoms with Crippen LogP contribution in [0.25, 0.3) is 0 Å². The minimum Gasteiger partial charge on any atom is -0.459 e. The molecule has 0 saturated carbocycles. The maximum atomic E-state index is 11.8. The number of anilines is 3. The normalized spacial score (nSPS) is 10.3. The van der Waals surface area contributed by atoms with Crippen LogP contribution in [-0.2, 0) is 0 Å². The van der Waals surface area contributed by atoms with Gasteiger partial charge in [-0.1, -0.05) is 29.3 Å². The number of rotatable bonds is 4. The number of para-hydroxylation sites is 1. The highest BCUT2D eigenvalue weighted by atomic mass is 35.5. The Morgan fingerprint density at radius 2 is 1.83 bits per heavy atom. The number of furan rings is 1. The zero-order valence-corrected chi connectivity index (χ0v) is 13.2. The van der Waals surface area contributed by atoms with E-state index < -0.39 is 0 Å². The summed E-state index contributed by atoms with van der Waals surface area (Å²) >= 11 is 12.2. The summed E-state index contributed by atoms with van der Waals surface area (Å²) in [4.78, 5) is 16.0. The molecule has 0 fully saturated rings. The lowest BCUT2D eigenvalue weighted by atomic mass is 10.3. The molecular formula is C16H11Cl2N3O2. The Morgan fingerprint density at radius 3 is 2.43 bits per heavy atom. The van der Waals surface area contributed by atoms with Crippen LogP contribution in [0.3, 0.4) is 0 Å². The average Bonchev–Trinajstić information content (AvgIpc) is 3.07. The van der Waals surface area contributed by atoms with Gasteiger partial charge in [-0.15, -0.1) is 0 Å². The number of nitrogens with zero attached hydrogens (tertiary/aromatic N) is 1. The van der Waals surface area contributed by atoms with Gasteiger partial charge in [0.25, 0.3) is 5.91 Å². The fraction of sp³-hybridized carbons (Fsp3) is 0. The van der Waals surface area contributed by atoms with Crippen molar-refractivity contribution in [1.29, 1.82) is 0 Å². The van der Waals surface area contributed by atoms with Gasteiger partial charge in [-0.05, 0) is 36.4 Å². The maximum Gasteiger partial charge on any atom is 0.292 e. The Balaban J connectivity index is 1.71. The van der Waals surface area contributed by atoms with E-state index in [0.717, 1.165) is 0 Å². The molecule has 0 saturated heterocycles. The van der Waals surface area contributed by atoms with E-state index in [1.807, 2.05) is 0 Å². The molecular weight excluding hydrogens is 337 g/mol. The van der Waals surface area contributed by atoms with Crippen molar-refractivity contribution in [3.05, 3.63) is 70.7 Å². The first-order valence-corrected chi connectivity index (χ1v) is 7.41. The first-order valence-electron chi connectivity index (χ1n) is 6.65. The quantitative estimate of drug-likeness (QED) is 0.698. The molecule has 0 bridgehead atoms. The van der Waals surface area contributed by atoms with Gasteiger partial charge in [-0.2, -0.15) is 0 Å². The highest BCUT2D eigenvalue weighted by Crippen LogP contribution is 2.32. The number of carbonyl (C=O) groups is 1. The number of halogens is 2. The molecule has 0 atom stereocenters. The fourth-order valence-electron chi connectivity index (χ4n) is 1.89. The second-order valence-electron chi connectivity index (χ2n) is 4.59. The molecule has 0 aliphatic rings. The first-order chi connectivity index (χ1) is 11.1. The molecule has 1 aromatic carbocycles. The van der Waals surface area contributed by atoms with Gasteiger partial charge in [0, 0.05) is 0 Å². The minimum absolute atomic E-state index is 0.219. The van der Waals surface area contributed by atoms with Crippen LogP contribution in [0.2, 0.25) is 10.0 Å². The van der Waals surface area contributed by atoms with E-state index >= 15 is 0 Å². The molecule has 7 heteroatoms. The summed E-state index contributed by atoms with van der Waals surface area (Å²) in [6, 6.07) is 11.9. The summed E-state index contributed by atoms with van der Waals surface area (Å²) in [6.45, 7) is 0. The molecule has 5 nitrogen and oxygen atoms in total. The summed E-state index contributed by atoms with van der Waals surface area (Å²) < 4.78 is 5.02. The van der Waals surface area contributed by atoms with Gasteiger partial charge >= 0.3 is 0 Å². The Hall–Kier alpha value is -2.50. The van der Waals surface area contributed by atoms with Crippen LogP contribution >= 0.6 is 23.2 Å². The molecule has 0 radical (unpaired) electrons. The summed E-state index contributed by atoms with van der Waals surface area (Å²) in [7, 11) is 0. The van der Waals surface area contributed by atoms with Crippen LogP contribution in [0, 0.1) is 0 Å². The monoisotopic (exact) mass is 347 g/mol. The van der Waals surface area contributed by atoms with Crippen molar-refractivity contribution >= 4 is 46.3 Å². The van der Waals surface area contributed by atoms with E-state index in [2.05, 4.69) is 15.6 Å². The minimum atomic E-state index is -0.364. The van der Waals surface area contributed by atoms with E-state index in [9.17, 15) is 4.79 Å². The van der Waals surface area contributed by atoms with Gasteiger partial charge in [0.2, 0.25) is 0 Å². The average molecular weight is 348 g/mol. The number of hydrogen-bond acceptors (Lipinski definition) is 4. The van der Waals surface area contributed by atoms with Crippen molar-refractivity contribution in [2.75, 3.05) is 10.6 Å². The SMILES string of the molecule is O=C(Nc1ccc(Nc2c(Cl)cccc2Cl)cn1)c1ccco1. The van der Waals surface area contributed by atoms with Crippen LogP contribution in [0.4, 0.5) is 17.2 Å². The van der Waals surface area contributed by atoms with Crippen molar-refractivity contribution in [3.8, 4) is 0 Å². The smallest absolute Gasteiger partial charge is 0.292 e. The molecule has 0 unspecified atom stereocenters. The van der Waals surface area contributed by atoms with Crippen molar-refractivity contribution in [2.45, 2.75) is 0 Å². The third-order valence-electron chi connectivity index (χ3n) is 2.98. The number of aromatic nitrogens is 1.